The van der Waals surface area contributed by atoms with Crippen molar-refractivity contribution in [3.63, 3.8) is 0 Å². The number of rotatable bonds is 6. The number of hydrogen-bond acceptors (Lipinski definition) is 2. The maximum absolute atomic E-state index is 12.2. The molecule has 1 amide bonds. The summed E-state index contributed by atoms with van der Waals surface area (Å²) < 4.78 is 5.83. The van der Waals surface area contributed by atoms with Crippen LogP contribution in [0.1, 0.15) is 36.5 Å². The Hall–Kier alpha value is -2.00. The molecule has 0 heterocycles. The van der Waals surface area contributed by atoms with Crippen LogP contribution in [-0.4, -0.2) is 18.6 Å². The molecular formula is C21H24ClNO2. The van der Waals surface area contributed by atoms with Crippen molar-refractivity contribution in [1.82, 2.24) is 5.32 Å². The van der Waals surface area contributed by atoms with E-state index < -0.39 is 6.10 Å². The average molecular weight is 358 g/mol. The Morgan fingerprint density at radius 2 is 1.84 bits per heavy atom. The van der Waals surface area contributed by atoms with E-state index in [4.69, 9.17) is 16.3 Å². The van der Waals surface area contributed by atoms with Crippen LogP contribution in [0.4, 0.5) is 0 Å². The highest BCUT2D eigenvalue weighted by atomic mass is 35.5. The number of amides is 1. The van der Waals surface area contributed by atoms with Gasteiger partial charge in [-0.15, -0.1) is 0 Å². The molecule has 2 aromatic rings. The fraction of sp³-hybridized carbons (Fsp3) is 0.381. The summed E-state index contributed by atoms with van der Waals surface area (Å²) in [5.74, 6) is 0.688. The van der Waals surface area contributed by atoms with Crippen molar-refractivity contribution in [3.05, 3.63) is 64.2 Å². The number of hydrogen-bond donors (Lipinski definition) is 1. The fourth-order valence-electron chi connectivity index (χ4n) is 3.17. The minimum absolute atomic E-state index is 0.0910. The third kappa shape index (κ3) is 4.99. The lowest BCUT2D eigenvalue weighted by Gasteiger charge is -2.19. The third-order valence-electron chi connectivity index (χ3n) is 4.63. The van der Waals surface area contributed by atoms with Gasteiger partial charge in [0.05, 0.1) is 0 Å². The van der Waals surface area contributed by atoms with Gasteiger partial charge in [0.15, 0.2) is 6.10 Å². The first-order chi connectivity index (χ1) is 12.1. The zero-order valence-electron chi connectivity index (χ0n) is 14.6. The topological polar surface area (TPSA) is 38.3 Å². The molecule has 0 saturated heterocycles. The summed E-state index contributed by atoms with van der Waals surface area (Å²) >= 11 is 5.87. The molecule has 2 aromatic carbocycles. The molecule has 1 aliphatic rings. The van der Waals surface area contributed by atoms with E-state index in [1.165, 1.54) is 24.0 Å². The van der Waals surface area contributed by atoms with Gasteiger partial charge < -0.3 is 10.1 Å². The maximum Gasteiger partial charge on any atom is 0.260 e. The Balaban J connectivity index is 1.48. The van der Waals surface area contributed by atoms with E-state index in [9.17, 15) is 4.79 Å². The molecule has 0 radical (unpaired) electrons. The van der Waals surface area contributed by atoms with Gasteiger partial charge in [-0.25, -0.2) is 0 Å². The summed E-state index contributed by atoms with van der Waals surface area (Å²) in [6, 6.07) is 13.9. The number of halogens is 1. The van der Waals surface area contributed by atoms with Gasteiger partial charge in [0.25, 0.3) is 5.91 Å². The number of ether oxygens (including phenoxy) is 1. The first-order valence-corrected chi connectivity index (χ1v) is 9.30. The Labute approximate surface area is 154 Å². The molecule has 1 aliphatic carbocycles. The van der Waals surface area contributed by atoms with Crippen molar-refractivity contribution in [2.24, 2.45) is 0 Å². The molecule has 3 rings (SSSR count). The standard InChI is InChI=1S/C21H24ClNO2/c1-15(21(24)23-13-12-16-6-9-19(22)10-7-16)25-20-11-8-17-4-2-3-5-18(17)14-20/h6-11,14-15H,2-5,12-13H2,1H3,(H,23,24). The summed E-state index contributed by atoms with van der Waals surface area (Å²) in [5.41, 5.74) is 3.92. The lowest BCUT2D eigenvalue weighted by Crippen LogP contribution is -2.37. The second kappa shape index (κ2) is 8.39. The van der Waals surface area contributed by atoms with Crippen LogP contribution in [0.25, 0.3) is 0 Å². The number of fused-ring (bicyclic) bond motifs is 1. The molecule has 4 heteroatoms. The molecule has 0 saturated carbocycles. The fourth-order valence-corrected chi connectivity index (χ4v) is 3.29. The largest absolute Gasteiger partial charge is 0.481 e. The molecule has 0 spiro atoms. The zero-order chi connectivity index (χ0) is 17.6. The smallest absolute Gasteiger partial charge is 0.260 e. The van der Waals surface area contributed by atoms with E-state index in [0.29, 0.717) is 6.54 Å². The van der Waals surface area contributed by atoms with Crippen molar-refractivity contribution in [3.8, 4) is 5.75 Å². The Kier molecular flexibility index (Phi) is 5.98. The quantitative estimate of drug-likeness (QED) is 0.834. The molecule has 132 valence electrons. The van der Waals surface area contributed by atoms with E-state index >= 15 is 0 Å². The molecule has 0 aliphatic heterocycles. The second-order valence-corrected chi connectivity index (χ2v) is 7.00. The molecule has 1 N–H and O–H groups in total. The Bertz CT molecular complexity index is 727. The normalized spacial score (nSPS) is 14.5. The van der Waals surface area contributed by atoms with Gasteiger partial charge in [0.2, 0.25) is 0 Å². The summed E-state index contributed by atoms with van der Waals surface area (Å²) in [4.78, 5) is 12.2. The summed E-state index contributed by atoms with van der Waals surface area (Å²) in [6.45, 7) is 2.37. The number of benzene rings is 2. The lowest BCUT2D eigenvalue weighted by atomic mass is 9.92. The van der Waals surface area contributed by atoms with E-state index in [0.717, 1.165) is 35.6 Å². The highest BCUT2D eigenvalue weighted by molar-refractivity contribution is 6.30. The minimum Gasteiger partial charge on any atom is -0.481 e. The van der Waals surface area contributed by atoms with Crippen LogP contribution < -0.4 is 10.1 Å². The highest BCUT2D eigenvalue weighted by Crippen LogP contribution is 2.25. The van der Waals surface area contributed by atoms with Crippen molar-refractivity contribution in [2.75, 3.05) is 6.54 Å². The molecule has 1 atom stereocenters. The molecule has 3 nitrogen and oxygen atoms in total. The highest BCUT2D eigenvalue weighted by Gasteiger charge is 2.16. The van der Waals surface area contributed by atoms with Gasteiger partial charge in [0, 0.05) is 11.6 Å². The lowest BCUT2D eigenvalue weighted by molar-refractivity contribution is -0.127. The molecule has 1 unspecified atom stereocenters. The van der Waals surface area contributed by atoms with Gasteiger partial charge in [-0.2, -0.15) is 0 Å². The Morgan fingerprint density at radius 3 is 2.60 bits per heavy atom. The van der Waals surface area contributed by atoms with Crippen LogP contribution in [-0.2, 0) is 24.1 Å². The Morgan fingerprint density at radius 1 is 1.12 bits per heavy atom. The van der Waals surface area contributed by atoms with E-state index in [1.54, 1.807) is 6.92 Å². The van der Waals surface area contributed by atoms with Crippen LogP contribution in [0.3, 0.4) is 0 Å². The minimum atomic E-state index is -0.508. The van der Waals surface area contributed by atoms with Crippen molar-refractivity contribution >= 4 is 17.5 Å². The predicted molar refractivity (Wildman–Crippen MR) is 101 cm³/mol. The summed E-state index contributed by atoms with van der Waals surface area (Å²) in [5, 5.41) is 3.65. The van der Waals surface area contributed by atoms with Gasteiger partial charge in [-0.1, -0.05) is 29.8 Å². The predicted octanol–water partition coefficient (Wildman–Crippen LogP) is 4.35. The van der Waals surface area contributed by atoms with Crippen molar-refractivity contribution in [2.45, 2.75) is 45.1 Å². The van der Waals surface area contributed by atoms with Crippen molar-refractivity contribution in [1.29, 1.82) is 0 Å². The van der Waals surface area contributed by atoms with Gasteiger partial charge >= 0.3 is 0 Å². The zero-order valence-corrected chi connectivity index (χ0v) is 15.3. The summed E-state index contributed by atoms with van der Waals surface area (Å²) in [7, 11) is 0. The SMILES string of the molecule is CC(Oc1ccc2c(c1)CCCC2)C(=O)NCCc1ccc(Cl)cc1. The van der Waals surface area contributed by atoms with E-state index in [1.807, 2.05) is 30.3 Å². The number of aryl methyl sites for hydroxylation is 2. The van der Waals surface area contributed by atoms with Crippen LogP contribution in [0.2, 0.25) is 5.02 Å². The van der Waals surface area contributed by atoms with E-state index in [-0.39, 0.29) is 5.91 Å². The average Bonchev–Trinajstić information content (AvgIpc) is 2.63. The number of carbonyl (C=O) groups excluding carboxylic acids is 1. The molecule has 0 bridgehead atoms. The molecule has 25 heavy (non-hydrogen) atoms. The van der Waals surface area contributed by atoms with Crippen molar-refractivity contribution < 1.29 is 9.53 Å². The maximum atomic E-state index is 12.2. The van der Waals surface area contributed by atoms with Gasteiger partial charge in [0.1, 0.15) is 5.75 Å². The molecule has 0 aromatic heterocycles. The van der Waals surface area contributed by atoms with Crippen LogP contribution >= 0.6 is 11.6 Å². The number of carbonyl (C=O) groups is 1. The monoisotopic (exact) mass is 357 g/mol. The van der Waals surface area contributed by atoms with Gasteiger partial charge in [-0.05, 0) is 80.0 Å². The van der Waals surface area contributed by atoms with Gasteiger partial charge in [-0.3, -0.25) is 4.79 Å². The molecule has 0 fully saturated rings. The third-order valence-corrected chi connectivity index (χ3v) is 4.88. The first kappa shape index (κ1) is 17.8. The first-order valence-electron chi connectivity index (χ1n) is 8.92. The van der Waals surface area contributed by atoms with E-state index in [2.05, 4.69) is 17.4 Å². The van der Waals surface area contributed by atoms with Crippen LogP contribution in [0, 0.1) is 0 Å². The number of nitrogens with one attached hydrogen (secondary N) is 1. The second-order valence-electron chi connectivity index (χ2n) is 6.57. The summed E-state index contributed by atoms with van der Waals surface area (Å²) in [6.07, 6.45) is 5.02. The van der Waals surface area contributed by atoms with Crippen LogP contribution in [0.5, 0.6) is 5.75 Å². The molecular weight excluding hydrogens is 334 g/mol. The van der Waals surface area contributed by atoms with Crippen LogP contribution in [0.15, 0.2) is 42.5 Å².